The molecule has 15 heteroatoms. The molecular formula is C28H29F6N3O6. The van der Waals surface area contributed by atoms with Crippen molar-refractivity contribution >= 4 is 23.6 Å². The van der Waals surface area contributed by atoms with Gasteiger partial charge in [-0.3, -0.25) is 19.7 Å². The van der Waals surface area contributed by atoms with Crippen molar-refractivity contribution in [2.75, 3.05) is 6.54 Å². The van der Waals surface area contributed by atoms with Crippen LogP contribution in [0.5, 0.6) is 0 Å². The molecule has 1 saturated heterocycles. The van der Waals surface area contributed by atoms with E-state index in [1.807, 2.05) is 0 Å². The highest BCUT2D eigenvalue weighted by Crippen LogP contribution is 2.37. The number of non-ortho nitro benzene ring substituents is 1. The SMILES string of the molecule is CC(=O)N(C(=O)OC(C)(C)C)C1CCN(C(=O)c2cc(C(F)(F)F)cc(C(F)(F)F)c2)C(Cc2ccc([N+](=O)[O-])cc2)C1. The fourth-order valence-corrected chi connectivity index (χ4v) is 4.84. The first kappa shape index (κ1) is 33.3. The van der Waals surface area contributed by atoms with Crippen molar-refractivity contribution in [1.82, 2.24) is 9.80 Å². The summed E-state index contributed by atoms with van der Waals surface area (Å²) in [6.45, 7) is 5.67. The number of likely N-dealkylation sites (tertiary alicyclic amines) is 1. The summed E-state index contributed by atoms with van der Waals surface area (Å²) >= 11 is 0. The Morgan fingerprint density at radius 3 is 1.95 bits per heavy atom. The molecule has 0 spiro atoms. The quantitative estimate of drug-likeness (QED) is 0.212. The fourth-order valence-electron chi connectivity index (χ4n) is 4.84. The molecule has 0 radical (unpaired) electrons. The summed E-state index contributed by atoms with van der Waals surface area (Å²) < 4.78 is 86.2. The second-order valence-corrected chi connectivity index (χ2v) is 11.1. The van der Waals surface area contributed by atoms with E-state index in [-0.39, 0.29) is 37.6 Å². The molecule has 3 amide bonds. The largest absolute Gasteiger partial charge is 0.443 e. The lowest BCUT2D eigenvalue weighted by atomic mass is 9.90. The van der Waals surface area contributed by atoms with Crippen LogP contribution in [0.15, 0.2) is 42.5 Å². The van der Waals surface area contributed by atoms with E-state index < -0.39 is 69.6 Å². The van der Waals surface area contributed by atoms with Crippen LogP contribution in [0, 0.1) is 10.1 Å². The summed E-state index contributed by atoms with van der Waals surface area (Å²) in [5.41, 5.74) is -4.88. The van der Waals surface area contributed by atoms with Gasteiger partial charge in [-0.1, -0.05) is 12.1 Å². The van der Waals surface area contributed by atoms with Crippen LogP contribution in [0.4, 0.5) is 36.8 Å². The maximum atomic E-state index is 13.6. The predicted octanol–water partition coefficient (Wildman–Crippen LogP) is 6.63. The van der Waals surface area contributed by atoms with E-state index in [9.17, 15) is 50.8 Å². The van der Waals surface area contributed by atoms with Crippen LogP contribution in [0.1, 0.15) is 67.6 Å². The van der Waals surface area contributed by atoms with Crippen LogP contribution >= 0.6 is 0 Å². The molecular weight excluding hydrogens is 588 g/mol. The van der Waals surface area contributed by atoms with Crippen molar-refractivity contribution < 1.29 is 50.4 Å². The number of alkyl halides is 6. The van der Waals surface area contributed by atoms with Gasteiger partial charge in [0.1, 0.15) is 5.60 Å². The Bertz CT molecular complexity index is 1350. The van der Waals surface area contributed by atoms with Gasteiger partial charge in [0.2, 0.25) is 5.91 Å². The Labute approximate surface area is 242 Å². The molecule has 43 heavy (non-hydrogen) atoms. The minimum Gasteiger partial charge on any atom is -0.443 e. The molecule has 1 fully saturated rings. The van der Waals surface area contributed by atoms with Crippen molar-refractivity contribution in [3.8, 4) is 0 Å². The monoisotopic (exact) mass is 617 g/mol. The maximum Gasteiger partial charge on any atom is 0.417 e. The number of hydrogen-bond acceptors (Lipinski definition) is 6. The smallest absolute Gasteiger partial charge is 0.417 e. The lowest BCUT2D eigenvalue weighted by molar-refractivity contribution is -0.384. The zero-order chi connectivity index (χ0) is 32.5. The minimum atomic E-state index is -5.17. The van der Waals surface area contributed by atoms with E-state index in [1.165, 1.54) is 24.3 Å². The molecule has 0 aliphatic carbocycles. The van der Waals surface area contributed by atoms with Gasteiger partial charge in [-0.2, -0.15) is 26.3 Å². The topological polar surface area (TPSA) is 110 Å². The molecule has 2 unspecified atom stereocenters. The number of nitro benzene ring substituents is 1. The molecule has 0 N–H and O–H groups in total. The van der Waals surface area contributed by atoms with E-state index in [4.69, 9.17) is 4.74 Å². The van der Waals surface area contributed by atoms with Gasteiger partial charge in [-0.15, -0.1) is 0 Å². The number of carbonyl (C=O) groups excluding carboxylic acids is 3. The average Bonchev–Trinajstić information content (AvgIpc) is 2.86. The van der Waals surface area contributed by atoms with Gasteiger partial charge in [0.05, 0.1) is 16.1 Å². The Hall–Kier alpha value is -4.17. The van der Waals surface area contributed by atoms with Crippen molar-refractivity contribution in [2.24, 2.45) is 0 Å². The molecule has 0 aromatic heterocycles. The molecule has 2 atom stereocenters. The van der Waals surface area contributed by atoms with Gasteiger partial charge in [0, 0.05) is 43.2 Å². The van der Waals surface area contributed by atoms with Gasteiger partial charge in [-0.05, 0) is 63.8 Å². The molecule has 3 rings (SSSR count). The van der Waals surface area contributed by atoms with Crippen LogP contribution in [0.2, 0.25) is 0 Å². The first-order valence-electron chi connectivity index (χ1n) is 13.0. The second-order valence-electron chi connectivity index (χ2n) is 11.1. The van der Waals surface area contributed by atoms with Crippen molar-refractivity contribution in [2.45, 2.75) is 77.0 Å². The summed E-state index contributed by atoms with van der Waals surface area (Å²) in [7, 11) is 0. The lowest BCUT2D eigenvalue weighted by Gasteiger charge is -2.43. The number of rotatable bonds is 5. The highest BCUT2D eigenvalue weighted by Gasteiger charge is 2.41. The number of piperidine rings is 1. The zero-order valence-corrected chi connectivity index (χ0v) is 23.6. The first-order chi connectivity index (χ1) is 19.7. The van der Waals surface area contributed by atoms with E-state index in [1.54, 1.807) is 20.8 Å². The van der Waals surface area contributed by atoms with Gasteiger partial charge < -0.3 is 9.64 Å². The van der Waals surface area contributed by atoms with E-state index in [2.05, 4.69) is 0 Å². The molecule has 0 bridgehead atoms. The Morgan fingerprint density at radius 2 is 1.51 bits per heavy atom. The number of halogens is 6. The van der Waals surface area contributed by atoms with E-state index in [0.717, 1.165) is 16.7 Å². The summed E-state index contributed by atoms with van der Waals surface area (Å²) in [6, 6.07) is 4.04. The van der Waals surface area contributed by atoms with Crippen LogP contribution in [-0.4, -0.2) is 56.9 Å². The Morgan fingerprint density at radius 1 is 0.977 bits per heavy atom. The number of amides is 3. The second kappa shape index (κ2) is 12.2. The van der Waals surface area contributed by atoms with E-state index >= 15 is 0 Å². The van der Waals surface area contributed by atoms with Crippen LogP contribution in [0.3, 0.4) is 0 Å². The first-order valence-corrected chi connectivity index (χ1v) is 13.0. The molecule has 0 saturated carbocycles. The van der Waals surface area contributed by atoms with Crippen LogP contribution in [0.25, 0.3) is 0 Å². The zero-order valence-electron chi connectivity index (χ0n) is 23.6. The third-order valence-corrected chi connectivity index (χ3v) is 6.70. The average molecular weight is 618 g/mol. The molecule has 2 aromatic carbocycles. The summed E-state index contributed by atoms with van der Waals surface area (Å²) in [4.78, 5) is 51.4. The van der Waals surface area contributed by atoms with Gasteiger partial charge >= 0.3 is 18.4 Å². The number of nitro groups is 1. The Balaban J connectivity index is 2.03. The highest BCUT2D eigenvalue weighted by molar-refractivity contribution is 5.95. The van der Waals surface area contributed by atoms with Gasteiger partial charge in [0.25, 0.3) is 11.6 Å². The summed E-state index contributed by atoms with van der Waals surface area (Å²) in [5, 5.41) is 11.1. The van der Waals surface area contributed by atoms with E-state index in [0.29, 0.717) is 17.7 Å². The molecule has 9 nitrogen and oxygen atoms in total. The normalized spacial score (nSPS) is 17.8. The molecule has 1 aliphatic rings. The number of imide groups is 1. The number of benzene rings is 2. The van der Waals surface area contributed by atoms with Gasteiger partial charge in [0.15, 0.2) is 0 Å². The van der Waals surface area contributed by atoms with Crippen molar-refractivity contribution in [3.63, 3.8) is 0 Å². The Kier molecular flexibility index (Phi) is 9.46. The third kappa shape index (κ3) is 8.45. The van der Waals surface area contributed by atoms with Crippen molar-refractivity contribution in [3.05, 3.63) is 74.8 Å². The van der Waals surface area contributed by atoms with Gasteiger partial charge in [-0.25, -0.2) is 9.69 Å². The van der Waals surface area contributed by atoms with Crippen LogP contribution in [-0.2, 0) is 28.3 Å². The number of carbonyl (C=O) groups is 3. The van der Waals surface area contributed by atoms with Crippen molar-refractivity contribution in [1.29, 1.82) is 0 Å². The number of ether oxygens (including phenoxy) is 1. The lowest BCUT2D eigenvalue weighted by Crippen LogP contribution is -2.55. The summed E-state index contributed by atoms with van der Waals surface area (Å²) in [5.74, 6) is -1.78. The fraction of sp³-hybridized carbons (Fsp3) is 0.464. The molecule has 1 aliphatic heterocycles. The molecule has 1 heterocycles. The molecule has 234 valence electrons. The highest BCUT2D eigenvalue weighted by atomic mass is 19.4. The minimum absolute atomic E-state index is 0.0353. The maximum absolute atomic E-state index is 13.6. The summed E-state index contributed by atoms with van der Waals surface area (Å²) in [6.07, 6.45) is -11.5. The molecule has 2 aromatic rings. The third-order valence-electron chi connectivity index (χ3n) is 6.70. The number of nitrogens with zero attached hydrogens (tertiary/aromatic N) is 3. The number of hydrogen-bond donors (Lipinski definition) is 0. The van der Waals surface area contributed by atoms with Crippen LogP contribution < -0.4 is 0 Å². The standard InChI is InChI=1S/C28H29F6N3O6/c1-16(38)36(25(40)43-26(2,3)4)22-9-10-35(23(15-22)11-17-5-7-21(8-6-17)37(41)42)24(39)18-12-19(27(29,30)31)14-20(13-18)28(32,33)34/h5-8,12-14,22-23H,9-11,15H2,1-4H3. The predicted molar refractivity (Wildman–Crippen MR) is 140 cm³/mol.